The van der Waals surface area contributed by atoms with Gasteiger partial charge in [-0.05, 0) is 47.3 Å². The van der Waals surface area contributed by atoms with Crippen LogP contribution in [0.15, 0.2) is 24.3 Å². The highest BCUT2D eigenvalue weighted by molar-refractivity contribution is 6.26. The van der Waals surface area contributed by atoms with Gasteiger partial charge < -0.3 is 0 Å². The molecular weight excluding hydrogens is 671 g/mol. The molecule has 3 nitrogen and oxygen atoms in total. The predicted octanol–water partition coefficient (Wildman–Crippen LogP) is 16.6. The number of benzene rings is 2. The van der Waals surface area contributed by atoms with Crippen LogP contribution in [0.4, 0.5) is 0 Å². The summed E-state index contributed by atoms with van der Waals surface area (Å²) in [7, 11) is 0. The first-order valence-corrected chi connectivity index (χ1v) is 24.5. The van der Waals surface area contributed by atoms with Gasteiger partial charge >= 0.3 is 0 Å². The van der Waals surface area contributed by atoms with E-state index in [1.54, 1.807) is 0 Å². The van der Waals surface area contributed by atoms with Crippen molar-refractivity contribution in [1.29, 1.82) is 0 Å². The van der Waals surface area contributed by atoms with Gasteiger partial charge in [0.2, 0.25) is 0 Å². The van der Waals surface area contributed by atoms with Crippen LogP contribution in [0.1, 0.15) is 265 Å². The van der Waals surface area contributed by atoms with E-state index in [9.17, 15) is 9.59 Å². The molecule has 0 bridgehead atoms. The summed E-state index contributed by atoms with van der Waals surface area (Å²) in [5.41, 5.74) is 4.20. The summed E-state index contributed by atoms with van der Waals surface area (Å²) in [6, 6.07) is 8.51. The molecule has 2 aromatic carbocycles. The van der Waals surface area contributed by atoms with E-state index in [0.717, 1.165) is 29.2 Å². The van der Waals surface area contributed by atoms with Crippen LogP contribution in [0, 0.1) is 11.8 Å². The molecule has 0 radical (unpaired) electrons. The Bertz CT molecular complexity index is 1310. The van der Waals surface area contributed by atoms with Gasteiger partial charge in [0.15, 0.2) is 0 Å². The van der Waals surface area contributed by atoms with Crippen molar-refractivity contribution in [3.05, 3.63) is 46.5 Å². The van der Waals surface area contributed by atoms with Gasteiger partial charge in [0.25, 0.3) is 11.8 Å². The third-order valence-corrected chi connectivity index (χ3v) is 12.9. The van der Waals surface area contributed by atoms with E-state index in [4.69, 9.17) is 0 Å². The number of carbonyl (C=O) groups excluding carboxylic acids is 2. The molecule has 0 spiro atoms. The Morgan fingerprint density at radius 3 is 1.25 bits per heavy atom. The third-order valence-electron chi connectivity index (χ3n) is 12.9. The van der Waals surface area contributed by atoms with Crippen molar-refractivity contribution in [2.75, 3.05) is 0 Å². The summed E-state index contributed by atoms with van der Waals surface area (Å²) in [6.07, 6.45) is 44.8. The zero-order valence-electron chi connectivity index (χ0n) is 36.8. The van der Waals surface area contributed by atoms with E-state index in [2.05, 4.69) is 45.1 Å². The minimum Gasteiger partial charge on any atom is -0.288 e. The van der Waals surface area contributed by atoms with E-state index in [0.29, 0.717) is 17.4 Å². The number of unbranched alkanes of at least 4 members (excludes halogenated alkanes) is 24. The first kappa shape index (κ1) is 47.2. The number of rotatable bonds is 36. The van der Waals surface area contributed by atoms with Gasteiger partial charge in [-0.3, -0.25) is 14.9 Å². The van der Waals surface area contributed by atoms with Crippen LogP contribution in [0.2, 0.25) is 0 Å². The molecule has 2 amide bonds. The fourth-order valence-electron chi connectivity index (χ4n) is 9.50. The topological polar surface area (TPSA) is 46.2 Å². The average Bonchev–Trinajstić information content (AvgIpc) is 3.18. The van der Waals surface area contributed by atoms with E-state index in [1.165, 1.54) is 217 Å². The van der Waals surface area contributed by atoms with Crippen molar-refractivity contribution >= 4 is 22.6 Å². The monoisotopic (exact) mass is 758 g/mol. The molecule has 1 aliphatic rings. The van der Waals surface area contributed by atoms with Crippen LogP contribution >= 0.6 is 0 Å². The predicted molar refractivity (Wildman–Crippen MR) is 241 cm³/mol. The van der Waals surface area contributed by atoms with Crippen molar-refractivity contribution in [3.8, 4) is 0 Å². The molecule has 1 aliphatic heterocycles. The van der Waals surface area contributed by atoms with Gasteiger partial charge in [-0.2, -0.15) is 0 Å². The number of nitrogens with one attached hydrogen (secondary N) is 1. The van der Waals surface area contributed by atoms with Crippen LogP contribution < -0.4 is 5.32 Å². The summed E-state index contributed by atoms with van der Waals surface area (Å²) >= 11 is 0. The Balaban J connectivity index is 1.87. The van der Waals surface area contributed by atoms with Crippen LogP contribution in [0.25, 0.3) is 10.8 Å². The van der Waals surface area contributed by atoms with Crippen LogP contribution in [-0.2, 0) is 12.8 Å². The van der Waals surface area contributed by atoms with Gasteiger partial charge in [0.1, 0.15) is 0 Å². The van der Waals surface area contributed by atoms with Crippen LogP contribution in [0.5, 0.6) is 0 Å². The lowest BCUT2D eigenvalue weighted by atomic mass is 9.79. The Morgan fingerprint density at radius 1 is 0.455 bits per heavy atom. The minimum atomic E-state index is -0.236. The molecule has 55 heavy (non-hydrogen) atoms. The first-order valence-electron chi connectivity index (χ1n) is 24.5. The fourth-order valence-corrected chi connectivity index (χ4v) is 9.50. The molecule has 2 aromatic rings. The molecule has 3 heteroatoms. The molecule has 2 atom stereocenters. The largest absolute Gasteiger partial charge is 0.288 e. The highest BCUT2D eigenvalue weighted by Crippen LogP contribution is 2.37. The first-order chi connectivity index (χ1) is 27.0. The van der Waals surface area contributed by atoms with Crippen molar-refractivity contribution in [3.63, 3.8) is 0 Å². The molecule has 1 N–H and O–H groups in total. The Labute approximate surface area is 340 Å². The summed E-state index contributed by atoms with van der Waals surface area (Å²) < 4.78 is 0. The lowest BCUT2D eigenvalue weighted by Gasteiger charge is -2.27. The van der Waals surface area contributed by atoms with Crippen LogP contribution in [0.3, 0.4) is 0 Å². The Morgan fingerprint density at radius 2 is 0.836 bits per heavy atom. The quantitative estimate of drug-likeness (QED) is 0.0556. The standard InChI is InChI=1S/C52H87NO2/c1-5-9-13-17-21-23-27-30-35-43(34-29-25-19-15-11-7-3)40-46-42-45-38-33-39-47-49(45)50(52(55)53-51(47)54)48(46)41-44(36-31-26-20-16-12-8-4)37-32-28-24-22-18-14-10-6-2/h33,38-39,42-44H,5-32,34-37,40-41H2,1-4H3,(H,53,54,55). The van der Waals surface area contributed by atoms with Crippen molar-refractivity contribution in [2.24, 2.45) is 11.8 Å². The molecule has 0 aliphatic carbocycles. The maximum Gasteiger partial charge on any atom is 0.259 e. The van der Waals surface area contributed by atoms with Crippen molar-refractivity contribution in [1.82, 2.24) is 5.32 Å². The zero-order chi connectivity index (χ0) is 39.4. The smallest absolute Gasteiger partial charge is 0.259 e. The zero-order valence-corrected chi connectivity index (χ0v) is 36.8. The summed E-state index contributed by atoms with van der Waals surface area (Å²) in [5, 5.41) is 4.78. The normalized spacial score (nSPS) is 13.8. The van der Waals surface area contributed by atoms with Gasteiger partial charge in [-0.25, -0.2) is 0 Å². The number of hydrogen-bond donors (Lipinski definition) is 1. The Hall–Kier alpha value is -2.16. The SMILES string of the molecule is CCCCCCCCCCC(CCCCCCCC)Cc1cc2cccc3c2c(c1CC(CCCCCCCC)CCCCCCCCCC)C(=O)NC3=O. The van der Waals surface area contributed by atoms with Gasteiger partial charge in [0, 0.05) is 10.9 Å². The lowest BCUT2D eigenvalue weighted by molar-refractivity contribution is 0.0844. The van der Waals surface area contributed by atoms with E-state index < -0.39 is 0 Å². The molecular formula is C52H87NO2. The maximum atomic E-state index is 14.0. The summed E-state index contributed by atoms with van der Waals surface area (Å²) in [4.78, 5) is 27.1. The molecule has 0 aromatic heterocycles. The van der Waals surface area contributed by atoms with E-state index in [1.807, 2.05) is 12.1 Å². The highest BCUT2D eigenvalue weighted by atomic mass is 16.2. The molecule has 0 fully saturated rings. The number of imide groups is 1. The molecule has 0 saturated heterocycles. The summed E-state index contributed by atoms with van der Waals surface area (Å²) in [5.74, 6) is 0.836. The molecule has 0 saturated carbocycles. The molecule has 3 rings (SSSR count). The summed E-state index contributed by atoms with van der Waals surface area (Å²) in [6.45, 7) is 9.21. The molecule has 2 unspecified atom stereocenters. The Kier molecular flexibility index (Phi) is 25.7. The number of amides is 2. The van der Waals surface area contributed by atoms with Gasteiger partial charge in [-0.1, -0.05) is 251 Å². The maximum absolute atomic E-state index is 14.0. The fraction of sp³-hybridized carbons (Fsp3) is 0.769. The number of carbonyl (C=O) groups is 2. The van der Waals surface area contributed by atoms with Crippen molar-refractivity contribution in [2.45, 2.75) is 246 Å². The second-order valence-electron chi connectivity index (χ2n) is 17.9. The van der Waals surface area contributed by atoms with Crippen molar-refractivity contribution < 1.29 is 9.59 Å². The van der Waals surface area contributed by atoms with Crippen LogP contribution in [-0.4, -0.2) is 11.8 Å². The molecule has 1 heterocycles. The van der Waals surface area contributed by atoms with E-state index >= 15 is 0 Å². The molecule has 312 valence electrons. The minimum absolute atomic E-state index is 0.161. The lowest BCUT2D eigenvalue weighted by Crippen LogP contribution is -2.36. The number of hydrogen-bond acceptors (Lipinski definition) is 2. The second-order valence-corrected chi connectivity index (χ2v) is 17.9. The van der Waals surface area contributed by atoms with Gasteiger partial charge in [-0.15, -0.1) is 0 Å². The highest BCUT2D eigenvalue weighted by Gasteiger charge is 2.30. The van der Waals surface area contributed by atoms with E-state index in [-0.39, 0.29) is 11.8 Å². The van der Waals surface area contributed by atoms with Gasteiger partial charge in [0.05, 0.1) is 5.56 Å². The third kappa shape index (κ3) is 18.3. The second kappa shape index (κ2) is 30.0. The average molecular weight is 758 g/mol.